The summed E-state index contributed by atoms with van der Waals surface area (Å²) in [5.41, 5.74) is 0.701. The fraction of sp³-hybridized carbons (Fsp3) is 0.368. The fourth-order valence-electron chi connectivity index (χ4n) is 4.24. The summed E-state index contributed by atoms with van der Waals surface area (Å²) in [6, 6.07) is 13.4. The third-order valence-corrected chi connectivity index (χ3v) is 5.48. The van der Waals surface area contributed by atoms with Gasteiger partial charge in [0, 0.05) is 17.2 Å². The second-order valence-corrected chi connectivity index (χ2v) is 6.74. The first-order chi connectivity index (χ1) is 11.6. The fourth-order valence-corrected chi connectivity index (χ4v) is 4.24. The lowest BCUT2D eigenvalue weighted by molar-refractivity contribution is -0.144. The number of aliphatic carboxylic acids is 1. The number of carboxylic acid groups (broad SMARTS) is 1. The van der Waals surface area contributed by atoms with E-state index < -0.39 is 24.0 Å². The van der Waals surface area contributed by atoms with E-state index in [2.05, 4.69) is 0 Å². The number of benzene rings is 2. The van der Waals surface area contributed by atoms with Gasteiger partial charge in [-0.3, -0.25) is 14.5 Å². The van der Waals surface area contributed by atoms with Crippen LogP contribution < -0.4 is 4.90 Å². The Morgan fingerprint density at radius 1 is 1.08 bits per heavy atom. The maximum Gasteiger partial charge on any atom is 0.306 e. The summed E-state index contributed by atoms with van der Waals surface area (Å²) >= 11 is 0. The van der Waals surface area contributed by atoms with Crippen LogP contribution in [0.1, 0.15) is 19.3 Å². The van der Waals surface area contributed by atoms with E-state index in [9.17, 15) is 19.8 Å². The lowest BCUT2D eigenvalue weighted by Gasteiger charge is -2.28. The van der Waals surface area contributed by atoms with Crippen LogP contribution in [0.5, 0.6) is 0 Å². The van der Waals surface area contributed by atoms with Gasteiger partial charge in [0.2, 0.25) is 5.91 Å². The normalized spacial score (nSPS) is 29.7. The molecule has 4 atom stereocenters. The number of fused-ring (bicyclic) bond motifs is 2. The second kappa shape index (κ2) is 5.60. The molecule has 0 spiro atoms. The summed E-state index contributed by atoms with van der Waals surface area (Å²) in [4.78, 5) is 25.7. The summed E-state index contributed by atoms with van der Waals surface area (Å²) < 4.78 is 0. The number of nitrogens with zero attached hydrogens (tertiary/aromatic N) is 1. The van der Waals surface area contributed by atoms with Gasteiger partial charge >= 0.3 is 5.97 Å². The topological polar surface area (TPSA) is 77.8 Å². The van der Waals surface area contributed by atoms with Crippen molar-refractivity contribution < 1.29 is 19.8 Å². The molecule has 5 heteroatoms. The third-order valence-electron chi connectivity index (χ3n) is 5.48. The monoisotopic (exact) mass is 325 g/mol. The molecule has 0 aromatic heterocycles. The smallest absolute Gasteiger partial charge is 0.306 e. The third kappa shape index (κ3) is 2.19. The van der Waals surface area contributed by atoms with Crippen LogP contribution in [0.25, 0.3) is 10.8 Å². The molecular formula is C19H19NO4. The molecule has 1 saturated carbocycles. The summed E-state index contributed by atoms with van der Waals surface area (Å²) in [6.45, 7) is 0. The standard InChI is InChI=1S/C19H19NO4/c21-17-14-9-8-12(19(23)24)10-15(14)18(22)20(17)16-7-3-5-11-4-1-2-6-13(11)16/h1-7,12,14-15,17,21H,8-10H2,(H,23,24). The first-order valence-corrected chi connectivity index (χ1v) is 8.29. The van der Waals surface area contributed by atoms with E-state index in [0.717, 1.165) is 10.8 Å². The Morgan fingerprint density at radius 3 is 2.62 bits per heavy atom. The highest BCUT2D eigenvalue weighted by molar-refractivity contribution is 6.06. The molecule has 24 heavy (non-hydrogen) atoms. The predicted molar refractivity (Wildman–Crippen MR) is 89.4 cm³/mol. The predicted octanol–water partition coefficient (Wildman–Crippen LogP) is 2.62. The van der Waals surface area contributed by atoms with Crippen LogP contribution in [0.4, 0.5) is 5.69 Å². The van der Waals surface area contributed by atoms with E-state index in [0.29, 0.717) is 24.9 Å². The zero-order valence-electron chi connectivity index (χ0n) is 13.1. The summed E-state index contributed by atoms with van der Waals surface area (Å²) in [6.07, 6.45) is 0.514. The van der Waals surface area contributed by atoms with Crippen molar-refractivity contribution in [2.24, 2.45) is 17.8 Å². The number of amides is 1. The Hall–Kier alpha value is -2.40. The van der Waals surface area contributed by atoms with Gasteiger partial charge in [-0.1, -0.05) is 36.4 Å². The molecule has 2 fully saturated rings. The molecule has 4 rings (SSSR count). The van der Waals surface area contributed by atoms with Crippen LogP contribution in [0.15, 0.2) is 42.5 Å². The van der Waals surface area contributed by atoms with E-state index >= 15 is 0 Å². The number of aliphatic hydroxyl groups is 1. The number of rotatable bonds is 2. The lowest BCUT2D eigenvalue weighted by atomic mass is 9.75. The van der Waals surface area contributed by atoms with E-state index in [1.54, 1.807) is 0 Å². The molecular weight excluding hydrogens is 306 g/mol. The van der Waals surface area contributed by atoms with Gasteiger partial charge in [0.25, 0.3) is 0 Å². The highest BCUT2D eigenvalue weighted by Crippen LogP contribution is 2.45. The molecule has 1 amide bonds. The number of carbonyl (C=O) groups is 2. The number of hydrogen-bond acceptors (Lipinski definition) is 3. The minimum atomic E-state index is -0.886. The molecule has 2 aromatic carbocycles. The van der Waals surface area contributed by atoms with Crippen molar-refractivity contribution in [3.05, 3.63) is 42.5 Å². The van der Waals surface area contributed by atoms with Crippen molar-refractivity contribution in [1.29, 1.82) is 0 Å². The minimum absolute atomic E-state index is 0.158. The Balaban J connectivity index is 1.74. The number of anilines is 1. The zero-order chi connectivity index (χ0) is 16.8. The molecule has 1 aliphatic heterocycles. The van der Waals surface area contributed by atoms with Crippen molar-refractivity contribution in [2.75, 3.05) is 4.90 Å². The van der Waals surface area contributed by atoms with Crippen molar-refractivity contribution >= 4 is 28.3 Å². The molecule has 1 heterocycles. The maximum absolute atomic E-state index is 12.9. The molecule has 2 aliphatic rings. The van der Waals surface area contributed by atoms with Crippen LogP contribution in [0.2, 0.25) is 0 Å². The molecule has 1 saturated heterocycles. The zero-order valence-corrected chi connectivity index (χ0v) is 13.1. The highest BCUT2D eigenvalue weighted by atomic mass is 16.4. The van der Waals surface area contributed by atoms with Crippen molar-refractivity contribution in [3.63, 3.8) is 0 Å². The highest BCUT2D eigenvalue weighted by Gasteiger charge is 2.51. The average molecular weight is 325 g/mol. The van der Waals surface area contributed by atoms with E-state index in [1.165, 1.54) is 4.90 Å². The quantitative estimate of drug-likeness (QED) is 0.890. The molecule has 0 radical (unpaired) electrons. The Labute approximate surface area is 139 Å². The summed E-state index contributed by atoms with van der Waals surface area (Å²) in [5.74, 6) is -2.09. The number of carbonyl (C=O) groups excluding carboxylic acids is 1. The van der Waals surface area contributed by atoms with Gasteiger partial charge < -0.3 is 10.2 Å². The lowest BCUT2D eigenvalue weighted by Crippen LogP contribution is -2.35. The molecule has 1 aliphatic carbocycles. The van der Waals surface area contributed by atoms with E-state index in [1.807, 2.05) is 42.5 Å². The van der Waals surface area contributed by atoms with Crippen molar-refractivity contribution in [1.82, 2.24) is 0 Å². The van der Waals surface area contributed by atoms with Crippen LogP contribution in [-0.4, -0.2) is 28.3 Å². The van der Waals surface area contributed by atoms with Gasteiger partial charge in [0.05, 0.1) is 11.6 Å². The Morgan fingerprint density at radius 2 is 1.83 bits per heavy atom. The largest absolute Gasteiger partial charge is 0.481 e. The summed E-state index contributed by atoms with van der Waals surface area (Å²) in [5, 5.41) is 21.9. The van der Waals surface area contributed by atoms with Crippen LogP contribution in [0.3, 0.4) is 0 Å². The molecule has 0 bridgehead atoms. The molecule has 2 aromatic rings. The first-order valence-electron chi connectivity index (χ1n) is 8.29. The first kappa shape index (κ1) is 15.1. The van der Waals surface area contributed by atoms with Gasteiger partial charge in [-0.15, -0.1) is 0 Å². The number of hydrogen-bond donors (Lipinski definition) is 2. The molecule has 5 nitrogen and oxygen atoms in total. The number of aliphatic hydroxyl groups excluding tert-OH is 1. The molecule has 4 unspecified atom stereocenters. The SMILES string of the molecule is O=C(O)C1CCC2C(C1)C(=O)N(c1cccc3ccccc13)C2O. The van der Waals surface area contributed by atoms with Crippen LogP contribution in [0, 0.1) is 17.8 Å². The van der Waals surface area contributed by atoms with Crippen molar-refractivity contribution in [3.8, 4) is 0 Å². The maximum atomic E-state index is 12.9. The van der Waals surface area contributed by atoms with Gasteiger partial charge in [0.1, 0.15) is 6.23 Å². The van der Waals surface area contributed by atoms with Gasteiger partial charge in [0.15, 0.2) is 0 Å². The van der Waals surface area contributed by atoms with E-state index in [4.69, 9.17) is 0 Å². The van der Waals surface area contributed by atoms with Crippen LogP contribution >= 0.6 is 0 Å². The van der Waals surface area contributed by atoms with Crippen LogP contribution in [-0.2, 0) is 9.59 Å². The second-order valence-electron chi connectivity index (χ2n) is 6.74. The Bertz CT molecular complexity index is 813. The molecule has 124 valence electrons. The van der Waals surface area contributed by atoms with Gasteiger partial charge in [-0.2, -0.15) is 0 Å². The van der Waals surface area contributed by atoms with Gasteiger partial charge in [-0.05, 0) is 30.7 Å². The molecule has 2 N–H and O–H groups in total. The van der Waals surface area contributed by atoms with E-state index in [-0.39, 0.29) is 11.8 Å². The average Bonchev–Trinajstić information content (AvgIpc) is 2.85. The minimum Gasteiger partial charge on any atom is -0.481 e. The number of carboxylic acids is 1. The summed E-state index contributed by atoms with van der Waals surface area (Å²) in [7, 11) is 0. The van der Waals surface area contributed by atoms with Crippen molar-refractivity contribution in [2.45, 2.75) is 25.5 Å². The van der Waals surface area contributed by atoms with Gasteiger partial charge in [-0.25, -0.2) is 0 Å². The Kier molecular flexibility index (Phi) is 3.53.